The lowest BCUT2D eigenvalue weighted by atomic mass is 10.1. The van der Waals surface area contributed by atoms with Crippen LogP contribution >= 0.6 is 0 Å². The average Bonchev–Trinajstić information content (AvgIpc) is 3.35. The van der Waals surface area contributed by atoms with E-state index in [4.69, 9.17) is 8.94 Å². The number of halogens is 1. The van der Waals surface area contributed by atoms with Crippen LogP contribution in [0.3, 0.4) is 0 Å². The van der Waals surface area contributed by atoms with E-state index in [2.05, 4.69) is 20.4 Å². The molecule has 1 aliphatic rings. The summed E-state index contributed by atoms with van der Waals surface area (Å²) in [4.78, 5) is 8.86. The molecule has 7 heteroatoms. The van der Waals surface area contributed by atoms with Crippen LogP contribution in [0.4, 0.5) is 10.1 Å². The number of unbranched alkanes of at least 4 members (excludes halogenated alkanes) is 2. The van der Waals surface area contributed by atoms with E-state index in [0.29, 0.717) is 22.9 Å². The smallest absolute Gasteiger partial charge is 0.227 e. The molecule has 5 rings (SSSR count). The van der Waals surface area contributed by atoms with Gasteiger partial charge in [-0.05, 0) is 56.0 Å². The molecular weight excluding hydrogens is 383 g/mol. The molecule has 2 aromatic heterocycles. The predicted octanol–water partition coefficient (Wildman–Crippen LogP) is 5.72. The van der Waals surface area contributed by atoms with Gasteiger partial charge in [-0.15, -0.1) is 0 Å². The molecule has 0 radical (unpaired) electrons. The van der Waals surface area contributed by atoms with Crippen LogP contribution in [0, 0.1) is 5.82 Å². The first kappa shape index (κ1) is 18.8. The van der Waals surface area contributed by atoms with Crippen LogP contribution in [-0.4, -0.2) is 21.7 Å². The van der Waals surface area contributed by atoms with Gasteiger partial charge in [-0.3, -0.25) is 0 Å². The van der Waals surface area contributed by atoms with Crippen molar-refractivity contribution in [3.8, 4) is 11.5 Å². The fourth-order valence-corrected chi connectivity index (χ4v) is 3.47. The highest BCUT2D eigenvalue weighted by Gasteiger charge is 2.28. The third-order valence-electron chi connectivity index (χ3n) is 5.28. The van der Waals surface area contributed by atoms with E-state index < -0.39 is 0 Å². The lowest BCUT2D eigenvalue weighted by molar-refractivity contribution is 0.369. The lowest BCUT2D eigenvalue weighted by Gasteiger charge is -2.07. The molecular formula is C23H23FN4O2. The van der Waals surface area contributed by atoms with E-state index in [1.807, 2.05) is 24.3 Å². The molecule has 0 atom stereocenters. The Morgan fingerprint density at radius 2 is 1.97 bits per heavy atom. The van der Waals surface area contributed by atoms with Crippen LogP contribution in [0.1, 0.15) is 49.7 Å². The maximum atomic E-state index is 13.4. The van der Waals surface area contributed by atoms with Gasteiger partial charge in [0.15, 0.2) is 11.4 Å². The summed E-state index contributed by atoms with van der Waals surface area (Å²) in [5.41, 5.74) is 2.97. The molecule has 4 aromatic rings. The van der Waals surface area contributed by atoms with Crippen LogP contribution in [0.5, 0.6) is 0 Å². The Morgan fingerprint density at radius 1 is 1.03 bits per heavy atom. The van der Waals surface area contributed by atoms with Crippen molar-refractivity contribution in [2.75, 3.05) is 11.9 Å². The zero-order valence-electron chi connectivity index (χ0n) is 16.6. The van der Waals surface area contributed by atoms with E-state index in [9.17, 15) is 4.39 Å². The summed E-state index contributed by atoms with van der Waals surface area (Å²) in [6.45, 7) is 0.874. The molecule has 0 unspecified atom stereocenters. The van der Waals surface area contributed by atoms with Crippen molar-refractivity contribution < 1.29 is 13.3 Å². The van der Waals surface area contributed by atoms with E-state index in [-0.39, 0.29) is 5.82 Å². The van der Waals surface area contributed by atoms with Gasteiger partial charge in [0.2, 0.25) is 11.8 Å². The molecule has 0 spiro atoms. The Balaban J connectivity index is 1.10. The lowest BCUT2D eigenvalue weighted by Crippen LogP contribution is -2.01. The number of oxazole rings is 1. The van der Waals surface area contributed by atoms with Gasteiger partial charge in [0.05, 0.1) is 0 Å². The molecule has 1 aliphatic carbocycles. The Morgan fingerprint density at radius 3 is 2.87 bits per heavy atom. The van der Waals surface area contributed by atoms with Crippen molar-refractivity contribution in [2.24, 2.45) is 0 Å². The number of nitrogens with one attached hydrogen (secondary N) is 1. The fraction of sp³-hybridized carbons (Fsp3) is 0.348. The Bertz CT molecular complexity index is 1150. The second kappa shape index (κ2) is 8.26. The van der Waals surface area contributed by atoms with Gasteiger partial charge in [-0.2, -0.15) is 4.98 Å². The van der Waals surface area contributed by atoms with Crippen LogP contribution in [0.15, 0.2) is 51.4 Å². The highest BCUT2D eigenvalue weighted by atomic mass is 19.1. The maximum absolute atomic E-state index is 13.4. The van der Waals surface area contributed by atoms with Crippen molar-refractivity contribution in [1.82, 2.24) is 15.1 Å². The van der Waals surface area contributed by atoms with E-state index >= 15 is 0 Å². The number of hydrogen-bond acceptors (Lipinski definition) is 6. The minimum absolute atomic E-state index is 0.319. The Hall–Kier alpha value is -3.22. The van der Waals surface area contributed by atoms with Crippen LogP contribution in [0.25, 0.3) is 22.6 Å². The van der Waals surface area contributed by atoms with Crippen molar-refractivity contribution in [2.45, 2.75) is 44.4 Å². The number of fused-ring (bicyclic) bond motifs is 1. The second-order valence-electron chi connectivity index (χ2n) is 7.77. The Labute approximate surface area is 173 Å². The zero-order chi connectivity index (χ0) is 20.3. The second-order valence-corrected chi connectivity index (χ2v) is 7.77. The molecule has 6 nitrogen and oxygen atoms in total. The fourth-order valence-electron chi connectivity index (χ4n) is 3.47. The molecule has 2 heterocycles. The number of hydrogen-bond donors (Lipinski definition) is 1. The minimum Gasteiger partial charge on any atom is -0.436 e. The molecule has 30 heavy (non-hydrogen) atoms. The summed E-state index contributed by atoms with van der Waals surface area (Å²) in [5.74, 6) is 2.36. The first-order valence-electron chi connectivity index (χ1n) is 10.5. The van der Waals surface area contributed by atoms with E-state index in [0.717, 1.165) is 55.2 Å². The number of aryl methyl sites for hydroxylation is 1. The molecule has 2 aromatic carbocycles. The summed E-state index contributed by atoms with van der Waals surface area (Å²) in [7, 11) is 0. The topological polar surface area (TPSA) is 77.0 Å². The van der Waals surface area contributed by atoms with Gasteiger partial charge in [0.1, 0.15) is 11.3 Å². The average molecular weight is 406 g/mol. The van der Waals surface area contributed by atoms with Gasteiger partial charge in [0.25, 0.3) is 0 Å². The minimum atomic E-state index is -0.319. The quantitative estimate of drug-likeness (QED) is 0.358. The summed E-state index contributed by atoms with van der Waals surface area (Å²) in [6.07, 6.45) is 6.40. The third kappa shape index (κ3) is 4.35. The van der Waals surface area contributed by atoms with Crippen LogP contribution in [-0.2, 0) is 6.42 Å². The molecule has 1 saturated carbocycles. The van der Waals surface area contributed by atoms with Crippen LogP contribution < -0.4 is 5.32 Å². The summed E-state index contributed by atoms with van der Waals surface area (Å²) >= 11 is 0. The van der Waals surface area contributed by atoms with Gasteiger partial charge in [-0.1, -0.05) is 17.6 Å². The van der Waals surface area contributed by atoms with E-state index in [1.165, 1.54) is 25.0 Å². The molecule has 0 bridgehead atoms. The first-order valence-corrected chi connectivity index (χ1v) is 10.5. The Kier molecular flexibility index (Phi) is 5.17. The van der Waals surface area contributed by atoms with E-state index in [1.54, 1.807) is 6.07 Å². The third-order valence-corrected chi connectivity index (χ3v) is 5.28. The van der Waals surface area contributed by atoms with Gasteiger partial charge < -0.3 is 14.3 Å². The van der Waals surface area contributed by atoms with Crippen molar-refractivity contribution >= 4 is 16.8 Å². The molecule has 0 amide bonds. The molecule has 1 N–H and O–H groups in total. The van der Waals surface area contributed by atoms with Crippen molar-refractivity contribution in [3.63, 3.8) is 0 Å². The zero-order valence-corrected chi connectivity index (χ0v) is 16.6. The normalized spacial score (nSPS) is 13.8. The molecule has 0 aliphatic heterocycles. The summed E-state index contributed by atoms with van der Waals surface area (Å²) in [6, 6.07) is 12.3. The number of nitrogens with zero attached hydrogens (tertiary/aromatic N) is 3. The number of rotatable bonds is 9. The highest BCUT2D eigenvalue weighted by molar-refractivity contribution is 5.76. The van der Waals surface area contributed by atoms with Crippen molar-refractivity contribution in [3.05, 3.63) is 60.0 Å². The largest absolute Gasteiger partial charge is 0.436 e. The van der Waals surface area contributed by atoms with Gasteiger partial charge >= 0.3 is 0 Å². The predicted molar refractivity (Wildman–Crippen MR) is 112 cm³/mol. The first-order chi connectivity index (χ1) is 14.7. The monoisotopic (exact) mass is 406 g/mol. The number of benzene rings is 2. The highest BCUT2D eigenvalue weighted by Crippen LogP contribution is 2.38. The molecule has 154 valence electrons. The van der Waals surface area contributed by atoms with Gasteiger partial charge in [-0.25, -0.2) is 9.37 Å². The molecule has 0 saturated heterocycles. The SMILES string of the molecule is Fc1ccc2oc(-c3cccc(NCCCCCc4nc(C5CC5)no4)c3)nc2c1. The standard InChI is InChI=1S/C23H23FN4O2/c24-17-10-11-20-19(14-17)26-23(29-20)16-5-4-6-18(13-16)25-12-3-1-2-7-21-27-22(28-30-21)15-8-9-15/h4-6,10-11,13-15,25H,1-3,7-9,12H2. The number of aromatic nitrogens is 3. The van der Waals surface area contributed by atoms with Gasteiger partial charge in [0, 0.05) is 36.2 Å². The summed E-state index contributed by atoms with van der Waals surface area (Å²) in [5, 5.41) is 7.50. The van der Waals surface area contributed by atoms with Crippen molar-refractivity contribution in [1.29, 1.82) is 0 Å². The number of anilines is 1. The summed E-state index contributed by atoms with van der Waals surface area (Å²) < 4.78 is 24.4. The molecule has 1 fully saturated rings. The maximum Gasteiger partial charge on any atom is 0.227 e. The van der Waals surface area contributed by atoms with Crippen LogP contribution in [0.2, 0.25) is 0 Å².